The topological polar surface area (TPSA) is 104 Å². The maximum atomic E-state index is 13.0. The van der Waals surface area contributed by atoms with Gasteiger partial charge in [0.1, 0.15) is 0 Å². The maximum absolute atomic E-state index is 13.0. The number of aromatic nitrogens is 3. The first-order valence-electron chi connectivity index (χ1n) is 14.3. The Hall–Kier alpha value is -3.76. The molecule has 0 saturated carbocycles. The van der Waals surface area contributed by atoms with Crippen LogP contribution >= 0.6 is 0 Å². The summed E-state index contributed by atoms with van der Waals surface area (Å²) in [5.74, 6) is 0.866. The number of anilines is 2. The van der Waals surface area contributed by atoms with E-state index in [0.717, 1.165) is 62.1 Å². The Balaban J connectivity index is 1.12. The van der Waals surface area contributed by atoms with Gasteiger partial charge >= 0.3 is 0 Å². The number of hydrogen-bond donors (Lipinski definition) is 2. The number of fused-ring (bicyclic) bond motifs is 1. The van der Waals surface area contributed by atoms with Crippen molar-refractivity contribution < 1.29 is 14.3 Å². The summed E-state index contributed by atoms with van der Waals surface area (Å²) in [5.41, 5.74) is 4.48. The van der Waals surface area contributed by atoms with Crippen LogP contribution in [0.4, 0.5) is 11.6 Å². The monoisotopic (exact) mass is 543 g/mol. The van der Waals surface area contributed by atoms with Crippen LogP contribution in [-0.4, -0.2) is 88.7 Å². The number of carbonyl (C=O) groups excluding carboxylic acids is 2. The van der Waals surface area contributed by atoms with E-state index in [1.54, 1.807) is 4.52 Å². The molecule has 2 N–H and O–H groups in total. The summed E-state index contributed by atoms with van der Waals surface area (Å²) < 4.78 is 7.20. The van der Waals surface area contributed by atoms with Crippen molar-refractivity contribution >= 4 is 34.7 Å². The molecule has 0 spiro atoms. The summed E-state index contributed by atoms with van der Waals surface area (Å²) in [6, 6.07) is 11.8. The number of carbonyl (C=O) groups is 2. The van der Waals surface area contributed by atoms with Gasteiger partial charge in [0.15, 0.2) is 5.65 Å². The molecule has 0 aliphatic carbocycles. The third-order valence-electron chi connectivity index (χ3n) is 8.36. The van der Waals surface area contributed by atoms with E-state index in [1.165, 1.54) is 5.57 Å². The summed E-state index contributed by atoms with van der Waals surface area (Å²) >= 11 is 0. The number of ether oxygens (including phenoxy) is 1. The minimum Gasteiger partial charge on any atom is -0.381 e. The quantitative estimate of drug-likeness (QED) is 0.492. The lowest BCUT2D eigenvalue weighted by molar-refractivity contribution is -0.138. The number of pyridine rings is 1. The molecule has 5 heterocycles. The van der Waals surface area contributed by atoms with Gasteiger partial charge in [0.2, 0.25) is 11.9 Å². The van der Waals surface area contributed by atoms with E-state index in [2.05, 4.69) is 27.9 Å². The molecule has 2 saturated heterocycles. The number of hydrogen-bond acceptors (Lipinski definition) is 7. The average molecular weight is 544 g/mol. The number of nitrogens with zero attached hydrogens (tertiary/aromatic N) is 5. The van der Waals surface area contributed by atoms with Crippen molar-refractivity contribution in [2.75, 3.05) is 51.8 Å². The van der Waals surface area contributed by atoms with Crippen LogP contribution in [0.3, 0.4) is 0 Å². The first kappa shape index (κ1) is 26.5. The van der Waals surface area contributed by atoms with Crippen LogP contribution in [0.2, 0.25) is 0 Å². The third kappa shape index (κ3) is 5.59. The SMILES string of the molecule is CN(C(=O)c1ccc(Nc2nc3c(C4=CCN(C(=O)C5CCOCC5)CC4)cccn3n2)cc1)C1CCNCC1. The van der Waals surface area contributed by atoms with E-state index in [4.69, 9.17) is 9.72 Å². The maximum Gasteiger partial charge on any atom is 0.253 e. The molecule has 2 fully saturated rings. The summed E-state index contributed by atoms with van der Waals surface area (Å²) in [4.78, 5) is 34.5. The summed E-state index contributed by atoms with van der Waals surface area (Å²) in [6.07, 6.45) is 8.41. The van der Waals surface area contributed by atoms with Gasteiger partial charge in [-0.25, -0.2) is 4.52 Å². The molecular weight excluding hydrogens is 506 g/mol. The lowest BCUT2D eigenvalue weighted by atomic mass is 9.96. The Morgan fingerprint density at radius 2 is 1.85 bits per heavy atom. The number of rotatable bonds is 6. The molecule has 10 nitrogen and oxygen atoms in total. The largest absolute Gasteiger partial charge is 0.381 e. The zero-order valence-corrected chi connectivity index (χ0v) is 23.0. The van der Waals surface area contributed by atoms with Gasteiger partial charge in [0.05, 0.1) is 0 Å². The van der Waals surface area contributed by atoms with Crippen molar-refractivity contribution in [3.8, 4) is 0 Å². The molecule has 3 aliphatic rings. The van der Waals surface area contributed by atoms with Gasteiger partial charge in [-0.15, -0.1) is 5.10 Å². The van der Waals surface area contributed by atoms with Crippen molar-refractivity contribution in [2.45, 2.75) is 38.1 Å². The van der Waals surface area contributed by atoms with Crippen LogP contribution in [-0.2, 0) is 9.53 Å². The fraction of sp³-hybridized carbons (Fsp3) is 0.467. The molecule has 3 aliphatic heterocycles. The van der Waals surface area contributed by atoms with Crippen molar-refractivity contribution in [3.05, 3.63) is 59.8 Å². The highest BCUT2D eigenvalue weighted by atomic mass is 16.5. The molecule has 0 bridgehead atoms. The predicted molar refractivity (Wildman–Crippen MR) is 153 cm³/mol. The molecular formula is C30H37N7O3. The van der Waals surface area contributed by atoms with Crippen molar-refractivity contribution in [1.82, 2.24) is 29.7 Å². The van der Waals surface area contributed by atoms with E-state index in [0.29, 0.717) is 37.8 Å². The van der Waals surface area contributed by atoms with Gasteiger partial charge in [0.25, 0.3) is 5.91 Å². The first-order chi connectivity index (χ1) is 19.6. The van der Waals surface area contributed by atoms with Crippen LogP contribution in [0.5, 0.6) is 0 Å². The molecule has 1 aromatic carbocycles. The fourth-order valence-corrected chi connectivity index (χ4v) is 5.92. The number of nitrogens with one attached hydrogen (secondary N) is 2. The third-order valence-corrected chi connectivity index (χ3v) is 8.36. The average Bonchev–Trinajstić information content (AvgIpc) is 3.44. The molecule has 210 valence electrons. The van der Waals surface area contributed by atoms with Gasteiger partial charge in [-0.05, 0) is 87.2 Å². The Morgan fingerprint density at radius 1 is 1.07 bits per heavy atom. The number of piperidine rings is 1. The van der Waals surface area contributed by atoms with Crippen LogP contribution in [0, 0.1) is 5.92 Å². The lowest BCUT2D eigenvalue weighted by Crippen LogP contribution is -2.43. The van der Waals surface area contributed by atoms with Gasteiger partial charge < -0.3 is 25.2 Å². The molecule has 0 atom stereocenters. The highest BCUT2D eigenvalue weighted by molar-refractivity contribution is 5.94. The van der Waals surface area contributed by atoms with E-state index in [9.17, 15) is 9.59 Å². The molecule has 6 rings (SSSR count). The van der Waals surface area contributed by atoms with Crippen LogP contribution < -0.4 is 10.6 Å². The number of amides is 2. The summed E-state index contributed by atoms with van der Waals surface area (Å²) in [6.45, 7) is 4.57. The number of benzene rings is 1. The molecule has 2 aromatic heterocycles. The second-order valence-corrected chi connectivity index (χ2v) is 10.9. The van der Waals surface area contributed by atoms with Crippen LogP contribution in [0.15, 0.2) is 48.7 Å². The van der Waals surface area contributed by atoms with Crippen molar-refractivity contribution in [2.24, 2.45) is 5.92 Å². The van der Waals surface area contributed by atoms with Gasteiger partial charge in [-0.3, -0.25) is 9.59 Å². The Morgan fingerprint density at radius 3 is 2.58 bits per heavy atom. The Labute approximate surface area is 234 Å². The van der Waals surface area contributed by atoms with Crippen LogP contribution in [0.25, 0.3) is 11.2 Å². The van der Waals surface area contributed by atoms with Gasteiger partial charge in [-0.2, -0.15) is 4.98 Å². The summed E-state index contributed by atoms with van der Waals surface area (Å²) in [7, 11) is 1.89. The highest BCUT2D eigenvalue weighted by Crippen LogP contribution is 2.28. The standard InChI is InChI=1S/C30H37N7O3/c1-35(25-8-14-31-15-9-25)28(38)22-4-6-24(7-5-22)32-30-33-27-26(3-2-16-37(27)34-30)21-10-17-36(18-11-21)29(39)23-12-19-40-20-13-23/h2-7,10,16,23,25,31H,8-9,11-15,17-20H2,1H3,(H,32,34). The molecule has 40 heavy (non-hydrogen) atoms. The lowest BCUT2D eigenvalue weighted by Gasteiger charge is -2.31. The van der Waals surface area contributed by atoms with Gasteiger partial charge in [-0.1, -0.05) is 6.08 Å². The minimum atomic E-state index is 0.0442. The van der Waals surface area contributed by atoms with E-state index in [1.807, 2.05) is 53.4 Å². The van der Waals surface area contributed by atoms with E-state index < -0.39 is 0 Å². The van der Waals surface area contributed by atoms with Gasteiger partial charge in [0, 0.05) is 68.3 Å². The van der Waals surface area contributed by atoms with E-state index in [-0.39, 0.29) is 23.8 Å². The van der Waals surface area contributed by atoms with Crippen molar-refractivity contribution in [1.29, 1.82) is 0 Å². The van der Waals surface area contributed by atoms with Crippen LogP contribution in [0.1, 0.15) is 48.0 Å². The molecule has 3 aromatic rings. The second-order valence-electron chi connectivity index (χ2n) is 10.9. The Kier molecular flexibility index (Phi) is 7.79. The smallest absolute Gasteiger partial charge is 0.253 e. The first-order valence-corrected chi connectivity index (χ1v) is 14.3. The zero-order chi connectivity index (χ0) is 27.5. The van der Waals surface area contributed by atoms with E-state index >= 15 is 0 Å². The highest BCUT2D eigenvalue weighted by Gasteiger charge is 2.28. The minimum absolute atomic E-state index is 0.0442. The normalized spacial score (nSPS) is 18.9. The molecule has 2 amide bonds. The predicted octanol–water partition coefficient (Wildman–Crippen LogP) is 3.34. The molecule has 0 radical (unpaired) electrons. The summed E-state index contributed by atoms with van der Waals surface area (Å²) in [5, 5.41) is 11.3. The zero-order valence-electron chi connectivity index (χ0n) is 23.0. The Bertz CT molecular complexity index is 1390. The molecule has 10 heteroatoms. The van der Waals surface area contributed by atoms with Crippen molar-refractivity contribution in [3.63, 3.8) is 0 Å². The fourth-order valence-electron chi connectivity index (χ4n) is 5.92. The second kappa shape index (κ2) is 11.8. The molecule has 0 unspecified atom stereocenters.